The van der Waals surface area contributed by atoms with E-state index in [2.05, 4.69) is 42.1 Å². The molecule has 0 aliphatic rings. The lowest BCUT2D eigenvalue weighted by atomic mass is 10.2. The number of halogens is 2. The van der Waals surface area contributed by atoms with Gasteiger partial charge in [-0.25, -0.2) is 14.4 Å². The number of hydrogen-bond donors (Lipinski definition) is 3. The van der Waals surface area contributed by atoms with Crippen LogP contribution in [-0.2, 0) is 0 Å². The van der Waals surface area contributed by atoms with Gasteiger partial charge in [0, 0.05) is 15.7 Å². The van der Waals surface area contributed by atoms with Crippen LogP contribution in [0, 0.1) is 15.9 Å². The molecule has 3 N–H and O–H groups in total. The number of carbonyl (C=O) groups is 1. The number of aromatic nitrogens is 2. The fraction of sp³-hybridized carbons (Fsp3) is 0. The SMILES string of the molecule is O=C(NNc1ncnc(Nc2cccc(Br)c2)c1[N+](=O)[O-])c1ccc(F)cc1. The molecule has 0 unspecified atom stereocenters. The second-order valence-corrected chi connectivity index (χ2v) is 6.31. The van der Waals surface area contributed by atoms with E-state index >= 15 is 0 Å². The number of carbonyl (C=O) groups excluding carboxylic acids is 1. The topological polar surface area (TPSA) is 122 Å². The molecule has 2 aromatic carbocycles. The van der Waals surface area contributed by atoms with E-state index in [1.54, 1.807) is 24.3 Å². The fourth-order valence-corrected chi connectivity index (χ4v) is 2.63. The van der Waals surface area contributed by atoms with Gasteiger partial charge in [-0.15, -0.1) is 0 Å². The van der Waals surface area contributed by atoms with Crippen LogP contribution in [0.1, 0.15) is 10.4 Å². The lowest BCUT2D eigenvalue weighted by molar-refractivity contribution is -0.383. The van der Waals surface area contributed by atoms with Gasteiger partial charge in [-0.2, -0.15) is 0 Å². The monoisotopic (exact) mass is 446 g/mol. The molecule has 0 atom stereocenters. The van der Waals surface area contributed by atoms with Crippen LogP contribution >= 0.6 is 15.9 Å². The summed E-state index contributed by atoms with van der Waals surface area (Å²) >= 11 is 3.31. The number of hydrogen-bond acceptors (Lipinski definition) is 7. The van der Waals surface area contributed by atoms with Gasteiger partial charge in [0.1, 0.15) is 12.1 Å². The Bertz CT molecular complexity index is 1030. The second-order valence-electron chi connectivity index (χ2n) is 5.40. The Morgan fingerprint density at radius 1 is 1.11 bits per heavy atom. The van der Waals surface area contributed by atoms with Crippen LogP contribution in [0.3, 0.4) is 0 Å². The largest absolute Gasteiger partial charge is 0.355 e. The molecule has 0 fully saturated rings. The zero-order chi connectivity index (χ0) is 20.1. The summed E-state index contributed by atoms with van der Waals surface area (Å²) in [5.41, 5.74) is 4.97. The maximum absolute atomic E-state index is 12.9. The Morgan fingerprint density at radius 3 is 2.50 bits per heavy atom. The Morgan fingerprint density at radius 2 is 1.82 bits per heavy atom. The molecule has 0 bridgehead atoms. The van der Waals surface area contributed by atoms with Gasteiger partial charge in [-0.05, 0) is 42.5 Å². The molecule has 3 rings (SSSR count). The van der Waals surface area contributed by atoms with Gasteiger partial charge in [0.05, 0.1) is 4.92 Å². The average Bonchev–Trinajstić information content (AvgIpc) is 2.66. The molecule has 0 saturated heterocycles. The number of amides is 1. The molecule has 0 spiro atoms. The zero-order valence-electron chi connectivity index (χ0n) is 14.0. The minimum absolute atomic E-state index is 0.0587. The van der Waals surface area contributed by atoms with Crippen molar-refractivity contribution < 1.29 is 14.1 Å². The first-order chi connectivity index (χ1) is 13.4. The van der Waals surface area contributed by atoms with Crippen LogP contribution in [0.25, 0.3) is 0 Å². The number of anilines is 3. The molecule has 1 aromatic heterocycles. The zero-order valence-corrected chi connectivity index (χ0v) is 15.6. The van der Waals surface area contributed by atoms with E-state index in [0.717, 1.165) is 22.9 Å². The van der Waals surface area contributed by atoms with Crippen molar-refractivity contribution in [2.45, 2.75) is 0 Å². The molecule has 9 nitrogen and oxygen atoms in total. The van der Waals surface area contributed by atoms with Gasteiger partial charge in [0.25, 0.3) is 5.91 Å². The molecule has 0 aliphatic heterocycles. The highest BCUT2D eigenvalue weighted by atomic mass is 79.9. The highest BCUT2D eigenvalue weighted by Crippen LogP contribution is 2.31. The van der Waals surface area contributed by atoms with E-state index in [4.69, 9.17) is 0 Å². The van der Waals surface area contributed by atoms with Crippen LogP contribution in [0.5, 0.6) is 0 Å². The molecular formula is C17H12BrFN6O3. The Kier molecular flexibility index (Phi) is 5.75. The van der Waals surface area contributed by atoms with E-state index in [1.807, 2.05) is 0 Å². The molecule has 142 valence electrons. The third-order valence-corrected chi connectivity index (χ3v) is 3.99. The summed E-state index contributed by atoms with van der Waals surface area (Å²) in [4.78, 5) is 30.7. The molecule has 1 amide bonds. The van der Waals surface area contributed by atoms with Crippen molar-refractivity contribution in [2.75, 3.05) is 10.7 Å². The van der Waals surface area contributed by atoms with Crippen LogP contribution in [-0.4, -0.2) is 20.8 Å². The standard InChI is InChI=1S/C17H12BrFN6O3/c18-11-2-1-3-13(8-11)22-15-14(25(27)28)16(21-9-20-15)23-24-17(26)10-4-6-12(19)7-5-10/h1-9H,(H,24,26)(H2,20,21,22,23). The molecule has 0 saturated carbocycles. The van der Waals surface area contributed by atoms with Crippen molar-refractivity contribution in [3.05, 3.63) is 80.8 Å². The first kappa shape index (κ1) is 19.2. The number of rotatable bonds is 6. The van der Waals surface area contributed by atoms with Crippen molar-refractivity contribution in [1.82, 2.24) is 15.4 Å². The number of nitrogens with zero attached hydrogens (tertiary/aromatic N) is 3. The molecule has 0 radical (unpaired) electrons. The fourth-order valence-electron chi connectivity index (χ4n) is 2.23. The van der Waals surface area contributed by atoms with Crippen LogP contribution < -0.4 is 16.2 Å². The summed E-state index contributed by atoms with van der Waals surface area (Å²) in [5.74, 6) is -1.38. The average molecular weight is 447 g/mol. The Labute approximate surface area is 166 Å². The lowest BCUT2D eigenvalue weighted by Crippen LogP contribution is -2.30. The van der Waals surface area contributed by atoms with Gasteiger partial charge in [-0.1, -0.05) is 22.0 Å². The predicted octanol–water partition coefficient (Wildman–Crippen LogP) is 3.79. The van der Waals surface area contributed by atoms with Crippen LogP contribution in [0.4, 0.5) is 27.4 Å². The maximum Gasteiger partial charge on any atom is 0.355 e. The lowest BCUT2D eigenvalue weighted by Gasteiger charge is -2.11. The number of benzene rings is 2. The van der Waals surface area contributed by atoms with Crippen molar-refractivity contribution in [2.24, 2.45) is 0 Å². The minimum Gasteiger partial charge on any atom is -0.334 e. The van der Waals surface area contributed by atoms with Gasteiger partial charge < -0.3 is 5.32 Å². The molecule has 28 heavy (non-hydrogen) atoms. The third kappa shape index (κ3) is 4.57. The maximum atomic E-state index is 12.9. The smallest absolute Gasteiger partial charge is 0.334 e. The van der Waals surface area contributed by atoms with E-state index in [-0.39, 0.29) is 17.2 Å². The van der Waals surface area contributed by atoms with Crippen molar-refractivity contribution in [3.63, 3.8) is 0 Å². The first-order valence-corrected chi connectivity index (χ1v) is 8.57. The summed E-state index contributed by atoms with van der Waals surface area (Å²) in [6.07, 6.45) is 1.11. The van der Waals surface area contributed by atoms with E-state index in [0.29, 0.717) is 5.69 Å². The van der Waals surface area contributed by atoms with E-state index in [9.17, 15) is 19.3 Å². The van der Waals surface area contributed by atoms with Crippen LogP contribution in [0.2, 0.25) is 0 Å². The molecular weight excluding hydrogens is 435 g/mol. The summed E-state index contributed by atoms with van der Waals surface area (Å²) in [6.45, 7) is 0. The van der Waals surface area contributed by atoms with E-state index < -0.39 is 22.3 Å². The number of nitro groups is 1. The molecule has 3 aromatic rings. The summed E-state index contributed by atoms with van der Waals surface area (Å²) < 4.78 is 13.7. The van der Waals surface area contributed by atoms with Crippen molar-refractivity contribution in [1.29, 1.82) is 0 Å². The minimum atomic E-state index is -0.674. The van der Waals surface area contributed by atoms with Gasteiger partial charge >= 0.3 is 5.69 Å². The predicted molar refractivity (Wildman–Crippen MR) is 104 cm³/mol. The van der Waals surface area contributed by atoms with E-state index in [1.165, 1.54) is 12.1 Å². The first-order valence-electron chi connectivity index (χ1n) is 7.78. The van der Waals surface area contributed by atoms with Gasteiger partial charge in [-0.3, -0.25) is 25.8 Å². The summed E-state index contributed by atoms with van der Waals surface area (Å²) in [5, 5.41) is 14.4. The normalized spacial score (nSPS) is 10.2. The highest BCUT2D eigenvalue weighted by molar-refractivity contribution is 9.10. The van der Waals surface area contributed by atoms with Crippen molar-refractivity contribution in [3.8, 4) is 0 Å². The number of hydrazine groups is 1. The second kappa shape index (κ2) is 8.39. The number of nitrogens with one attached hydrogen (secondary N) is 3. The molecule has 1 heterocycles. The van der Waals surface area contributed by atoms with Gasteiger partial charge in [0.15, 0.2) is 0 Å². The Hall–Kier alpha value is -3.60. The van der Waals surface area contributed by atoms with Crippen molar-refractivity contribution >= 4 is 44.8 Å². The Balaban J connectivity index is 1.82. The third-order valence-electron chi connectivity index (χ3n) is 3.49. The summed E-state index contributed by atoms with van der Waals surface area (Å²) in [6, 6.07) is 11.8. The molecule has 0 aliphatic carbocycles. The summed E-state index contributed by atoms with van der Waals surface area (Å²) in [7, 11) is 0. The van der Waals surface area contributed by atoms with Crippen LogP contribution in [0.15, 0.2) is 59.3 Å². The quantitative estimate of drug-likeness (QED) is 0.388. The van der Waals surface area contributed by atoms with Gasteiger partial charge in [0.2, 0.25) is 11.6 Å². The molecule has 11 heteroatoms. The highest BCUT2D eigenvalue weighted by Gasteiger charge is 2.23.